The van der Waals surface area contributed by atoms with Gasteiger partial charge in [0, 0.05) is 44.6 Å². The minimum atomic E-state index is -1.30. The van der Waals surface area contributed by atoms with Gasteiger partial charge in [0.25, 0.3) is 11.8 Å². The molecule has 9 amide bonds. The molecule has 2 aliphatic heterocycles. The molecule has 3 aromatic carbocycles. The average molecular weight is 896 g/mol. The van der Waals surface area contributed by atoms with E-state index < -0.39 is 78.7 Å². The van der Waals surface area contributed by atoms with Gasteiger partial charge in [-0.15, -0.1) is 0 Å². The first kappa shape index (κ1) is 48.7. The van der Waals surface area contributed by atoms with E-state index in [1.807, 2.05) is 13.8 Å². The Balaban J connectivity index is 1.06. The van der Waals surface area contributed by atoms with E-state index in [2.05, 4.69) is 36.9 Å². The summed E-state index contributed by atoms with van der Waals surface area (Å²) in [7, 11) is 0. The Hall–Kier alpha value is -7.35. The molecular weight excluding hydrogens is 839 g/mol. The lowest BCUT2D eigenvalue weighted by atomic mass is 10.0. The Morgan fingerprint density at radius 3 is 1.94 bits per heavy atom. The minimum absolute atomic E-state index is 0.00859. The van der Waals surface area contributed by atoms with Crippen LogP contribution in [0.5, 0.6) is 5.75 Å². The molecule has 2 aliphatic rings. The summed E-state index contributed by atoms with van der Waals surface area (Å²) in [4.78, 5) is 110. The Kier molecular flexibility index (Phi) is 17.9. The average Bonchev–Trinajstić information content (AvgIpc) is 3.75. The number of imide groups is 1. The third-order valence-corrected chi connectivity index (χ3v) is 10.4. The second-order valence-electron chi connectivity index (χ2n) is 15.5. The molecule has 0 aromatic heterocycles. The quantitative estimate of drug-likeness (QED) is 0.0516. The first-order chi connectivity index (χ1) is 31.3. The highest BCUT2D eigenvalue weighted by Crippen LogP contribution is 2.25. The van der Waals surface area contributed by atoms with Crippen LogP contribution in [0.25, 0.3) is 0 Å². The predicted octanol–water partition coefficient (Wildman–Crippen LogP) is -0.800. The number of benzene rings is 3. The smallest absolute Gasteiger partial charge is 0.328 e. The third-order valence-electron chi connectivity index (χ3n) is 10.4. The molecule has 346 valence electrons. The summed E-state index contributed by atoms with van der Waals surface area (Å²) in [5.74, 6) is -3.37. The van der Waals surface area contributed by atoms with Crippen molar-refractivity contribution in [3.05, 3.63) is 102 Å². The first-order valence-corrected chi connectivity index (χ1v) is 21.5. The summed E-state index contributed by atoms with van der Waals surface area (Å²) >= 11 is 0. The van der Waals surface area contributed by atoms with E-state index in [0.717, 1.165) is 5.56 Å². The van der Waals surface area contributed by atoms with E-state index in [4.69, 9.17) is 16.2 Å². The van der Waals surface area contributed by atoms with Gasteiger partial charge in [0.2, 0.25) is 29.5 Å². The van der Waals surface area contributed by atoms with Crippen LogP contribution in [0.2, 0.25) is 0 Å². The molecule has 5 rings (SSSR count). The molecule has 0 bridgehead atoms. The number of rotatable bonds is 24. The fourth-order valence-electron chi connectivity index (χ4n) is 7.15. The number of carbonyl (C=O) groups excluding carboxylic acids is 8. The monoisotopic (exact) mass is 895 g/mol. The SMILES string of the molecule is CCCN1C(=O)C2NC(c3ccc(OCC(=O)NCCNC(=O)C(N)CC(=O)N[C@@H](Cc4ccccc4)C(=O)N[C@@H](Cc4ccccc4)C(=O)NCC(N)=O)cc3)=NC2N(CCC)C1=O. The van der Waals surface area contributed by atoms with Gasteiger partial charge in [-0.25, -0.2) is 9.79 Å². The lowest BCUT2D eigenvalue weighted by Crippen LogP contribution is -2.65. The highest BCUT2D eigenvalue weighted by atomic mass is 16.5. The standard InChI is InChI=1S/C45H57N11O9/c1-3-21-55-40-38(44(63)56(22-4-2)45(55)64)53-39(54-40)30-15-17-31(18-16-30)65-27-37(59)48-19-20-49-41(60)32(46)25-36(58)51-34(24-29-13-9-6-10-14-29)43(62)52-33(42(61)50-26-35(47)57)23-28-11-7-5-8-12-28/h5-18,32-34,38,40H,3-4,19-27,46H2,1-2H3,(H2,47,57)(H,48,59)(H,49,60)(H,50,61)(H,51,58)(H,52,62)(H,53,54)/t32?,33-,34-,38?,40?/m0/s1. The number of carbonyl (C=O) groups is 8. The zero-order chi connectivity index (χ0) is 46.9. The van der Waals surface area contributed by atoms with Crippen LogP contribution in [-0.4, -0.2) is 133 Å². The molecule has 0 spiro atoms. The van der Waals surface area contributed by atoms with Crippen LogP contribution in [0, 0.1) is 0 Å². The van der Waals surface area contributed by atoms with Crippen LogP contribution >= 0.6 is 0 Å². The molecule has 20 nitrogen and oxygen atoms in total. The van der Waals surface area contributed by atoms with E-state index in [9.17, 15) is 38.4 Å². The summed E-state index contributed by atoms with van der Waals surface area (Å²) in [5.41, 5.74) is 13.4. The summed E-state index contributed by atoms with van der Waals surface area (Å²) in [6.45, 7) is 3.91. The van der Waals surface area contributed by atoms with Crippen molar-refractivity contribution in [2.45, 2.75) is 76.3 Å². The van der Waals surface area contributed by atoms with E-state index in [1.54, 1.807) is 89.8 Å². The van der Waals surface area contributed by atoms with E-state index >= 15 is 0 Å². The number of nitrogens with zero attached hydrogens (tertiary/aromatic N) is 3. The maximum Gasteiger partial charge on any atom is 0.328 e. The van der Waals surface area contributed by atoms with Gasteiger partial charge in [0.05, 0.1) is 19.0 Å². The molecule has 10 N–H and O–H groups in total. The summed E-state index contributed by atoms with van der Waals surface area (Å²) in [6, 6.07) is 19.9. The summed E-state index contributed by atoms with van der Waals surface area (Å²) < 4.78 is 5.62. The molecular formula is C45H57N11O9. The van der Waals surface area contributed by atoms with Crippen LogP contribution in [0.3, 0.4) is 0 Å². The number of fused-ring (bicyclic) bond motifs is 1. The second-order valence-corrected chi connectivity index (χ2v) is 15.5. The van der Waals surface area contributed by atoms with Crippen molar-refractivity contribution in [1.29, 1.82) is 0 Å². The first-order valence-electron chi connectivity index (χ1n) is 21.5. The molecule has 0 saturated carbocycles. The Morgan fingerprint density at radius 1 is 0.738 bits per heavy atom. The number of nitrogens with one attached hydrogen (secondary N) is 6. The van der Waals surface area contributed by atoms with Crippen LogP contribution < -0.4 is 48.1 Å². The van der Waals surface area contributed by atoms with Gasteiger partial charge in [-0.3, -0.25) is 43.4 Å². The van der Waals surface area contributed by atoms with Crippen LogP contribution in [-0.2, 0) is 46.4 Å². The number of hydrogen-bond acceptors (Lipinski definition) is 12. The highest BCUT2D eigenvalue weighted by molar-refractivity contribution is 6.08. The minimum Gasteiger partial charge on any atom is -0.484 e. The molecule has 3 unspecified atom stereocenters. The third kappa shape index (κ3) is 14.1. The fourth-order valence-corrected chi connectivity index (χ4v) is 7.15. The van der Waals surface area contributed by atoms with E-state index in [1.165, 1.54) is 4.90 Å². The van der Waals surface area contributed by atoms with Crippen LogP contribution in [0.15, 0.2) is 89.9 Å². The van der Waals surface area contributed by atoms with Crippen LogP contribution in [0.4, 0.5) is 4.79 Å². The van der Waals surface area contributed by atoms with Gasteiger partial charge in [-0.1, -0.05) is 74.5 Å². The van der Waals surface area contributed by atoms with Crippen molar-refractivity contribution >= 4 is 53.2 Å². The van der Waals surface area contributed by atoms with E-state index in [-0.39, 0.29) is 44.5 Å². The largest absolute Gasteiger partial charge is 0.484 e. The molecule has 0 aliphatic carbocycles. The molecule has 20 heteroatoms. The normalized spacial score (nSPS) is 16.8. The molecule has 1 saturated heterocycles. The predicted molar refractivity (Wildman–Crippen MR) is 239 cm³/mol. The fraction of sp³-hybridized carbons (Fsp3) is 0.400. The number of amides is 9. The number of nitrogens with two attached hydrogens (primary N) is 2. The van der Waals surface area contributed by atoms with Crippen molar-refractivity contribution < 1.29 is 43.1 Å². The van der Waals surface area contributed by atoms with Gasteiger partial charge in [-0.05, 0) is 48.2 Å². The Labute approximate surface area is 376 Å². The molecule has 0 radical (unpaired) electrons. The zero-order valence-corrected chi connectivity index (χ0v) is 36.4. The topological polar surface area (TPSA) is 289 Å². The van der Waals surface area contributed by atoms with Crippen molar-refractivity contribution in [3.63, 3.8) is 0 Å². The van der Waals surface area contributed by atoms with Crippen molar-refractivity contribution in [2.75, 3.05) is 39.3 Å². The molecule has 2 heterocycles. The van der Waals surface area contributed by atoms with Gasteiger partial charge in [0.1, 0.15) is 29.7 Å². The van der Waals surface area contributed by atoms with Crippen molar-refractivity contribution in [2.24, 2.45) is 16.5 Å². The Morgan fingerprint density at radius 2 is 1.34 bits per heavy atom. The number of aliphatic imine (C=N–C) groups is 1. The number of primary amides is 1. The van der Waals surface area contributed by atoms with Crippen LogP contribution in [0.1, 0.15) is 49.8 Å². The maximum atomic E-state index is 13.7. The molecule has 1 fully saturated rings. The zero-order valence-electron chi connectivity index (χ0n) is 36.4. The van der Waals surface area contributed by atoms with Gasteiger partial charge in [-0.2, -0.15) is 0 Å². The number of amidine groups is 1. The highest BCUT2D eigenvalue weighted by Gasteiger charge is 2.49. The number of urea groups is 1. The van der Waals surface area contributed by atoms with E-state index in [0.29, 0.717) is 48.6 Å². The maximum absolute atomic E-state index is 13.7. The lowest BCUT2D eigenvalue weighted by Gasteiger charge is -2.40. The summed E-state index contributed by atoms with van der Waals surface area (Å²) in [6.07, 6.45) is 0.362. The van der Waals surface area contributed by atoms with Crippen molar-refractivity contribution in [1.82, 2.24) is 41.7 Å². The molecule has 5 atom stereocenters. The van der Waals surface area contributed by atoms with Crippen molar-refractivity contribution in [3.8, 4) is 5.75 Å². The summed E-state index contributed by atoms with van der Waals surface area (Å²) in [5, 5.41) is 16.1. The molecule has 3 aromatic rings. The van der Waals surface area contributed by atoms with Gasteiger partial charge in [0.15, 0.2) is 12.8 Å². The number of hydrogen-bond donors (Lipinski definition) is 8. The second kappa shape index (κ2) is 23.9. The molecule has 65 heavy (non-hydrogen) atoms. The Bertz CT molecular complexity index is 2190. The number of ether oxygens (including phenoxy) is 1. The van der Waals surface area contributed by atoms with Gasteiger partial charge < -0.3 is 48.1 Å². The van der Waals surface area contributed by atoms with Gasteiger partial charge >= 0.3 is 6.03 Å². The lowest BCUT2D eigenvalue weighted by molar-refractivity contribution is -0.134.